The number of anilines is 1. The predicted molar refractivity (Wildman–Crippen MR) is 124 cm³/mol. The maximum absolute atomic E-state index is 13.5. The number of nitrogens with one attached hydrogen (secondary N) is 1. The lowest BCUT2D eigenvalue weighted by Crippen LogP contribution is -2.38. The number of hydrogen-bond donors (Lipinski definition) is 2. The summed E-state index contributed by atoms with van der Waals surface area (Å²) in [6.07, 6.45) is 0. The van der Waals surface area contributed by atoms with Crippen molar-refractivity contribution in [2.24, 2.45) is 0 Å². The molecule has 182 valence electrons. The van der Waals surface area contributed by atoms with Gasteiger partial charge in [-0.1, -0.05) is 12.1 Å². The summed E-state index contributed by atoms with van der Waals surface area (Å²) in [6, 6.07) is 7.90. The van der Waals surface area contributed by atoms with Crippen molar-refractivity contribution < 1.29 is 37.4 Å². The Morgan fingerprint density at radius 2 is 1.88 bits per heavy atom. The van der Waals surface area contributed by atoms with Gasteiger partial charge in [0.1, 0.15) is 0 Å². The number of imide groups is 1. The van der Waals surface area contributed by atoms with E-state index in [9.17, 15) is 27.9 Å². The third kappa shape index (κ3) is 5.05. The number of nitrogens with zero attached hydrogens (tertiary/aromatic N) is 1. The summed E-state index contributed by atoms with van der Waals surface area (Å²) in [4.78, 5) is 39.3. The molecule has 3 rings (SSSR count). The fourth-order valence-electron chi connectivity index (χ4n) is 3.83. The van der Waals surface area contributed by atoms with E-state index in [1.165, 1.54) is 38.3 Å². The van der Waals surface area contributed by atoms with Crippen LogP contribution in [0.5, 0.6) is 11.5 Å². The highest BCUT2D eigenvalue weighted by molar-refractivity contribution is 7.91. The molecule has 1 aliphatic heterocycles. The number of ether oxygens (including phenoxy) is 2. The largest absolute Gasteiger partial charge is 0.493 e. The Morgan fingerprint density at radius 1 is 1.15 bits per heavy atom. The average Bonchev–Trinajstić information content (AvgIpc) is 3.03. The van der Waals surface area contributed by atoms with E-state index in [2.05, 4.69) is 5.32 Å². The molecule has 0 aliphatic carbocycles. The molecule has 0 aromatic heterocycles. The Bertz CT molecular complexity index is 1230. The van der Waals surface area contributed by atoms with Gasteiger partial charge in [-0.15, -0.1) is 0 Å². The standard InChI is InChI=1S/C23H26N2O8S/c1-4-33-20-12-15(8-9-19(20)32-3)18(13-34(30,31)11-10-26)25-22(28)16-6-5-7-17(24-14(2)27)21(16)23(25)29/h5-9,12,18,26H,4,10-11,13H2,1-3H3,(H,24,27)/t18-/m0/s1. The van der Waals surface area contributed by atoms with Gasteiger partial charge in [-0.3, -0.25) is 19.3 Å². The SMILES string of the molecule is CCOc1cc([C@H](CS(=O)(=O)CCO)N2C(=O)c3cccc(NC(C)=O)c3C2=O)ccc1OC. The van der Waals surface area contributed by atoms with Gasteiger partial charge in [0.2, 0.25) is 5.91 Å². The van der Waals surface area contributed by atoms with Gasteiger partial charge in [0.05, 0.1) is 54.7 Å². The Balaban J connectivity index is 2.14. The molecule has 2 aromatic rings. The number of aliphatic hydroxyl groups is 1. The van der Waals surface area contributed by atoms with E-state index in [-0.39, 0.29) is 16.8 Å². The van der Waals surface area contributed by atoms with E-state index in [1.54, 1.807) is 19.1 Å². The first-order chi connectivity index (χ1) is 16.1. The number of amides is 3. The van der Waals surface area contributed by atoms with E-state index in [0.29, 0.717) is 23.7 Å². The maximum Gasteiger partial charge on any atom is 0.264 e. The van der Waals surface area contributed by atoms with Crippen molar-refractivity contribution in [1.82, 2.24) is 4.90 Å². The van der Waals surface area contributed by atoms with Crippen LogP contribution in [-0.4, -0.2) is 68.0 Å². The van der Waals surface area contributed by atoms with E-state index < -0.39 is 51.7 Å². The third-order valence-corrected chi connectivity index (χ3v) is 6.88. The molecule has 2 N–H and O–H groups in total. The zero-order valence-electron chi connectivity index (χ0n) is 19.0. The van der Waals surface area contributed by atoms with Crippen LogP contribution >= 0.6 is 0 Å². The minimum atomic E-state index is -3.86. The summed E-state index contributed by atoms with van der Waals surface area (Å²) >= 11 is 0. The Morgan fingerprint density at radius 3 is 2.50 bits per heavy atom. The number of aliphatic hydroxyl groups excluding tert-OH is 1. The van der Waals surface area contributed by atoms with E-state index >= 15 is 0 Å². The second kappa shape index (κ2) is 10.2. The summed E-state index contributed by atoms with van der Waals surface area (Å²) in [5, 5.41) is 11.7. The Labute approximate surface area is 197 Å². The van der Waals surface area contributed by atoms with Crippen molar-refractivity contribution in [3.63, 3.8) is 0 Å². The van der Waals surface area contributed by atoms with Crippen LogP contribution in [0.15, 0.2) is 36.4 Å². The zero-order chi connectivity index (χ0) is 25.0. The molecule has 1 atom stereocenters. The average molecular weight is 491 g/mol. The molecule has 0 bridgehead atoms. The molecule has 1 heterocycles. The molecule has 0 unspecified atom stereocenters. The maximum atomic E-state index is 13.5. The molecule has 3 amide bonds. The number of rotatable bonds is 10. The van der Waals surface area contributed by atoms with Crippen LogP contribution < -0.4 is 14.8 Å². The molecule has 0 saturated carbocycles. The van der Waals surface area contributed by atoms with Gasteiger partial charge in [-0.05, 0) is 36.8 Å². The normalized spacial score (nSPS) is 14.1. The second-order valence-electron chi connectivity index (χ2n) is 7.59. The molecule has 34 heavy (non-hydrogen) atoms. The number of hydrogen-bond acceptors (Lipinski definition) is 8. The Hall–Kier alpha value is -3.44. The van der Waals surface area contributed by atoms with E-state index in [0.717, 1.165) is 4.90 Å². The molecular weight excluding hydrogens is 464 g/mol. The first-order valence-corrected chi connectivity index (χ1v) is 12.4. The number of fused-ring (bicyclic) bond motifs is 1. The second-order valence-corrected chi connectivity index (χ2v) is 9.82. The first-order valence-electron chi connectivity index (χ1n) is 10.5. The number of sulfone groups is 1. The van der Waals surface area contributed by atoms with E-state index in [1.807, 2.05) is 0 Å². The molecule has 0 spiro atoms. The highest BCUT2D eigenvalue weighted by atomic mass is 32.2. The molecule has 0 radical (unpaired) electrons. The van der Waals surface area contributed by atoms with E-state index in [4.69, 9.17) is 9.47 Å². The quantitative estimate of drug-likeness (QED) is 0.481. The van der Waals surface area contributed by atoms with Gasteiger partial charge in [-0.25, -0.2) is 8.42 Å². The van der Waals surface area contributed by atoms with Gasteiger partial charge in [0.25, 0.3) is 11.8 Å². The summed E-state index contributed by atoms with van der Waals surface area (Å²) in [5.74, 6) is -2.26. The smallest absolute Gasteiger partial charge is 0.264 e. The summed E-state index contributed by atoms with van der Waals surface area (Å²) < 4.78 is 36.2. The van der Waals surface area contributed by atoms with Crippen LogP contribution in [0.1, 0.15) is 46.2 Å². The molecule has 2 aromatic carbocycles. The van der Waals surface area contributed by atoms with Crippen LogP contribution in [0.4, 0.5) is 5.69 Å². The van der Waals surface area contributed by atoms with Gasteiger partial charge in [0.15, 0.2) is 21.3 Å². The first kappa shape index (κ1) is 25.2. The summed E-state index contributed by atoms with van der Waals surface area (Å²) in [7, 11) is -2.41. The monoisotopic (exact) mass is 490 g/mol. The van der Waals surface area contributed by atoms with Gasteiger partial charge in [-0.2, -0.15) is 0 Å². The van der Waals surface area contributed by atoms with Crippen LogP contribution in [0, 0.1) is 0 Å². The van der Waals surface area contributed by atoms with Crippen molar-refractivity contribution in [2.75, 3.05) is 37.1 Å². The van der Waals surface area contributed by atoms with Crippen LogP contribution in [0.25, 0.3) is 0 Å². The molecule has 1 aliphatic rings. The van der Waals surface area contributed by atoms with Crippen molar-refractivity contribution in [1.29, 1.82) is 0 Å². The predicted octanol–water partition coefficient (Wildman–Crippen LogP) is 1.80. The highest BCUT2D eigenvalue weighted by Gasteiger charge is 2.43. The lowest BCUT2D eigenvalue weighted by atomic mass is 10.1. The number of carbonyl (C=O) groups is 3. The number of methoxy groups -OCH3 is 1. The van der Waals surface area contributed by atoms with Crippen LogP contribution in [0.2, 0.25) is 0 Å². The van der Waals surface area contributed by atoms with Crippen LogP contribution in [-0.2, 0) is 14.6 Å². The molecule has 0 fully saturated rings. The van der Waals surface area contributed by atoms with Crippen molar-refractivity contribution in [3.8, 4) is 11.5 Å². The van der Waals surface area contributed by atoms with Gasteiger partial charge in [0, 0.05) is 6.92 Å². The number of carbonyl (C=O) groups excluding carboxylic acids is 3. The van der Waals surface area contributed by atoms with Crippen molar-refractivity contribution in [2.45, 2.75) is 19.9 Å². The minimum Gasteiger partial charge on any atom is -0.493 e. The topological polar surface area (TPSA) is 139 Å². The molecular formula is C23H26N2O8S. The number of benzene rings is 2. The van der Waals surface area contributed by atoms with Gasteiger partial charge < -0.3 is 19.9 Å². The molecule has 0 saturated heterocycles. The molecule has 10 nitrogen and oxygen atoms in total. The third-order valence-electron chi connectivity index (χ3n) is 5.26. The zero-order valence-corrected chi connectivity index (χ0v) is 19.8. The van der Waals surface area contributed by atoms with Gasteiger partial charge >= 0.3 is 0 Å². The Kier molecular flexibility index (Phi) is 7.57. The highest BCUT2D eigenvalue weighted by Crippen LogP contribution is 2.38. The summed E-state index contributed by atoms with van der Waals surface area (Å²) in [5.41, 5.74) is 0.541. The fraction of sp³-hybridized carbons (Fsp3) is 0.348. The van der Waals surface area contributed by atoms with Crippen molar-refractivity contribution in [3.05, 3.63) is 53.1 Å². The van der Waals surface area contributed by atoms with Crippen LogP contribution in [0.3, 0.4) is 0 Å². The fourth-order valence-corrected chi connectivity index (χ4v) is 5.10. The van der Waals surface area contributed by atoms with Crippen molar-refractivity contribution >= 4 is 33.2 Å². The summed E-state index contributed by atoms with van der Waals surface area (Å²) in [6.45, 7) is 2.75. The molecule has 11 heteroatoms. The lowest BCUT2D eigenvalue weighted by molar-refractivity contribution is -0.114. The lowest BCUT2D eigenvalue weighted by Gasteiger charge is -2.27. The minimum absolute atomic E-state index is 0.00852.